The zero-order chi connectivity index (χ0) is 10.9. The summed E-state index contributed by atoms with van der Waals surface area (Å²) in [4.78, 5) is 11.1. The standard InChI is InChI=1S/C11H11BrO3/c12-9-3-1-2-8(4-9)5-11(10(13)14)6-15-7-11/h1-4H,5-7H2,(H,13,14). The van der Waals surface area contributed by atoms with Crippen molar-refractivity contribution < 1.29 is 14.6 Å². The van der Waals surface area contributed by atoms with Gasteiger partial charge in [0.1, 0.15) is 5.41 Å². The summed E-state index contributed by atoms with van der Waals surface area (Å²) in [7, 11) is 0. The van der Waals surface area contributed by atoms with Crippen molar-refractivity contribution in [2.75, 3.05) is 13.2 Å². The number of carbonyl (C=O) groups is 1. The first-order chi connectivity index (χ1) is 7.12. The average Bonchev–Trinajstić information content (AvgIpc) is 2.11. The number of ether oxygens (including phenoxy) is 1. The summed E-state index contributed by atoms with van der Waals surface area (Å²) < 4.78 is 5.98. The largest absolute Gasteiger partial charge is 0.481 e. The maximum atomic E-state index is 11.1. The molecule has 3 nitrogen and oxygen atoms in total. The Morgan fingerprint density at radius 1 is 1.53 bits per heavy atom. The Morgan fingerprint density at radius 3 is 2.73 bits per heavy atom. The van der Waals surface area contributed by atoms with Crippen LogP contribution in [0.3, 0.4) is 0 Å². The predicted octanol–water partition coefficient (Wildman–Crippen LogP) is 2.09. The summed E-state index contributed by atoms with van der Waals surface area (Å²) in [5.41, 5.74) is 0.316. The lowest BCUT2D eigenvalue weighted by Crippen LogP contribution is -2.50. The molecule has 0 spiro atoms. The third-order valence-electron chi connectivity index (χ3n) is 2.64. The molecule has 1 aliphatic rings. The molecule has 0 saturated carbocycles. The number of halogens is 1. The van der Waals surface area contributed by atoms with E-state index < -0.39 is 11.4 Å². The summed E-state index contributed by atoms with van der Waals surface area (Å²) >= 11 is 3.37. The van der Waals surface area contributed by atoms with Gasteiger partial charge < -0.3 is 9.84 Å². The predicted molar refractivity (Wildman–Crippen MR) is 58.7 cm³/mol. The molecule has 0 aliphatic carbocycles. The maximum Gasteiger partial charge on any atom is 0.314 e. The van der Waals surface area contributed by atoms with E-state index in [4.69, 9.17) is 9.84 Å². The third kappa shape index (κ3) is 2.06. The van der Waals surface area contributed by atoms with Crippen LogP contribution in [0.15, 0.2) is 28.7 Å². The molecule has 80 valence electrons. The lowest BCUT2D eigenvalue weighted by atomic mass is 9.80. The molecule has 1 aromatic rings. The molecule has 1 N–H and O–H groups in total. The van der Waals surface area contributed by atoms with E-state index in [0.717, 1.165) is 10.0 Å². The van der Waals surface area contributed by atoms with Gasteiger partial charge in [0.15, 0.2) is 0 Å². The molecule has 1 aromatic carbocycles. The highest BCUT2D eigenvalue weighted by Crippen LogP contribution is 2.32. The Kier molecular flexibility index (Phi) is 2.80. The fraction of sp³-hybridized carbons (Fsp3) is 0.364. The van der Waals surface area contributed by atoms with Gasteiger partial charge in [-0.2, -0.15) is 0 Å². The molecule has 0 aromatic heterocycles. The quantitative estimate of drug-likeness (QED) is 0.915. The zero-order valence-electron chi connectivity index (χ0n) is 8.07. The van der Waals surface area contributed by atoms with Gasteiger partial charge >= 0.3 is 5.97 Å². The number of carboxylic acid groups (broad SMARTS) is 1. The van der Waals surface area contributed by atoms with Crippen LogP contribution in [0.2, 0.25) is 0 Å². The highest BCUT2D eigenvalue weighted by molar-refractivity contribution is 9.10. The van der Waals surface area contributed by atoms with Crippen molar-refractivity contribution in [1.29, 1.82) is 0 Å². The van der Waals surface area contributed by atoms with Crippen molar-refractivity contribution in [3.05, 3.63) is 34.3 Å². The minimum absolute atomic E-state index is 0.314. The molecule has 0 unspecified atom stereocenters. The van der Waals surface area contributed by atoms with Crippen molar-refractivity contribution in [3.63, 3.8) is 0 Å². The van der Waals surface area contributed by atoms with Gasteiger partial charge in [0.05, 0.1) is 13.2 Å². The summed E-state index contributed by atoms with van der Waals surface area (Å²) in [6, 6.07) is 7.72. The summed E-state index contributed by atoms with van der Waals surface area (Å²) in [5, 5.41) is 9.12. The van der Waals surface area contributed by atoms with Crippen molar-refractivity contribution >= 4 is 21.9 Å². The van der Waals surface area contributed by atoms with Crippen molar-refractivity contribution in [2.24, 2.45) is 5.41 Å². The molecule has 1 saturated heterocycles. The van der Waals surface area contributed by atoms with E-state index in [1.54, 1.807) is 0 Å². The summed E-state index contributed by atoms with van der Waals surface area (Å²) in [6.07, 6.45) is 0.530. The second-order valence-corrected chi connectivity index (χ2v) is 4.80. The number of hydrogen-bond acceptors (Lipinski definition) is 2. The molecule has 1 aliphatic heterocycles. The van der Waals surface area contributed by atoms with E-state index >= 15 is 0 Å². The molecule has 0 radical (unpaired) electrons. The lowest BCUT2D eigenvalue weighted by Gasteiger charge is -2.37. The zero-order valence-corrected chi connectivity index (χ0v) is 9.66. The minimum Gasteiger partial charge on any atom is -0.481 e. The number of hydrogen-bond donors (Lipinski definition) is 1. The molecule has 1 heterocycles. The number of aliphatic carboxylic acids is 1. The molecule has 0 amide bonds. The van der Waals surface area contributed by atoms with Crippen LogP contribution in [0.4, 0.5) is 0 Å². The molecule has 4 heteroatoms. The van der Waals surface area contributed by atoms with Gasteiger partial charge in [0, 0.05) is 4.47 Å². The van der Waals surface area contributed by atoms with E-state index in [1.165, 1.54) is 0 Å². The van der Waals surface area contributed by atoms with E-state index in [1.807, 2.05) is 24.3 Å². The molecule has 15 heavy (non-hydrogen) atoms. The van der Waals surface area contributed by atoms with Gasteiger partial charge in [0.25, 0.3) is 0 Å². The maximum absolute atomic E-state index is 11.1. The highest BCUT2D eigenvalue weighted by Gasteiger charge is 2.46. The first-order valence-electron chi connectivity index (χ1n) is 4.68. The van der Waals surface area contributed by atoms with Crippen LogP contribution in [0.1, 0.15) is 5.56 Å². The third-order valence-corrected chi connectivity index (χ3v) is 3.14. The van der Waals surface area contributed by atoms with Crippen LogP contribution in [-0.2, 0) is 16.0 Å². The fourth-order valence-electron chi connectivity index (χ4n) is 1.69. The van der Waals surface area contributed by atoms with Crippen LogP contribution in [-0.4, -0.2) is 24.3 Å². The number of benzene rings is 1. The molecule has 0 bridgehead atoms. The minimum atomic E-state index is -0.770. The molecule has 0 atom stereocenters. The van der Waals surface area contributed by atoms with Crippen molar-refractivity contribution in [3.8, 4) is 0 Å². The normalized spacial score (nSPS) is 18.2. The van der Waals surface area contributed by atoms with Gasteiger partial charge in [-0.25, -0.2) is 0 Å². The number of carboxylic acids is 1. The fourth-order valence-corrected chi connectivity index (χ4v) is 2.13. The average molecular weight is 271 g/mol. The highest BCUT2D eigenvalue weighted by atomic mass is 79.9. The van der Waals surface area contributed by atoms with Gasteiger partial charge in [-0.3, -0.25) is 4.79 Å². The Balaban J connectivity index is 2.17. The van der Waals surface area contributed by atoms with Crippen molar-refractivity contribution in [1.82, 2.24) is 0 Å². The van der Waals surface area contributed by atoms with Crippen molar-refractivity contribution in [2.45, 2.75) is 6.42 Å². The van der Waals surface area contributed by atoms with E-state index in [-0.39, 0.29) is 0 Å². The van der Waals surface area contributed by atoms with E-state index in [2.05, 4.69) is 15.9 Å². The van der Waals surface area contributed by atoms with Gasteiger partial charge in [-0.15, -0.1) is 0 Å². The van der Waals surface area contributed by atoms with E-state index in [0.29, 0.717) is 19.6 Å². The molecular formula is C11H11BrO3. The Bertz CT molecular complexity index is 385. The van der Waals surface area contributed by atoms with E-state index in [9.17, 15) is 4.79 Å². The van der Waals surface area contributed by atoms with Crippen LogP contribution in [0.25, 0.3) is 0 Å². The first kappa shape index (κ1) is 10.6. The van der Waals surface area contributed by atoms with Gasteiger partial charge in [0.2, 0.25) is 0 Å². The van der Waals surface area contributed by atoms with Crippen LogP contribution in [0, 0.1) is 5.41 Å². The number of rotatable bonds is 3. The van der Waals surface area contributed by atoms with Crippen LogP contribution < -0.4 is 0 Å². The Hall–Kier alpha value is -0.870. The molecule has 1 fully saturated rings. The Labute approximate surface area is 96.2 Å². The first-order valence-corrected chi connectivity index (χ1v) is 5.47. The van der Waals surface area contributed by atoms with Crippen LogP contribution in [0.5, 0.6) is 0 Å². The topological polar surface area (TPSA) is 46.5 Å². The molecule has 2 rings (SSSR count). The summed E-state index contributed by atoms with van der Waals surface area (Å²) in [6.45, 7) is 0.629. The second kappa shape index (κ2) is 3.94. The SMILES string of the molecule is O=C(O)C1(Cc2cccc(Br)c2)COC1. The monoisotopic (exact) mass is 270 g/mol. The Morgan fingerprint density at radius 2 is 2.27 bits per heavy atom. The second-order valence-electron chi connectivity index (χ2n) is 3.88. The summed E-state index contributed by atoms with van der Waals surface area (Å²) in [5.74, 6) is -0.770. The lowest BCUT2D eigenvalue weighted by molar-refractivity contribution is -0.179. The van der Waals surface area contributed by atoms with Gasteiger partial charge in [-0.05, 0) is 24.1 Å². The smallest absolute Gasteiger partial charge is 0.314 e. The molecular weight excluding hydrogens is 260 g/mol. The van der Waals surface area contributed by atoms with Crippen LogP contribution >= 0.6 is 15.9 Å². The van der Waals surface area contributed by atoms with Gasteiger partial charge in [-0.1, -0.05) is 28.1 Å².